The molecule has 3 rings (SSSR count). The molecule has 5 heteroatoms. The number of halogens is 2. The van der Waals surface area contributed by atoms with Gasteiger partial charge in [-0.2, -0.15) is 0 Å². The third-order valence-corrected chi connectivity index (χ3v) is 3.81. The summed E-state index contributed by atoms with van der Waals surface area (Å²) in [5, 5.41) is 3.46. The first kappa shape index (κ1) is 13.2. The Morgan fingerprint density at radius 1 is 1.35 bits per heavy atom. The summed E-state index contributed by atoms with van der Waals surface area (Å²) in [7, 11) is 0. The summed E-state index contributed by atoms with van der Waals surface area (Å²) >= 11 is 5.71. The van der Waals surface area contributed by atoms with Crippen LogP contribution in [-0.4, -0.2) is 4.98 Å². The molecule has 0 fully saturated rings. The van der Waals surface area contributed by atoms with Gasteiger partial charge in [0.2, 0.25) is 0 Å². The molecular formula is C15H15ClFN3. The number of nitrogen functional groups attached to an aromatic ring is 1. The quantitative estimate of drug-likeness (QED) is 0.824. The van der Waals surface area contributed by atoms with Crippen LogP contribution < -0.4 is 11.1 Å². The maximum atomic E-state index is 13.8. The second kappa shape index (κ2) is 5.29. The Labute approximate surface area is 122 Å². The molecule has 3 N–H and O–H groups in total. The van der Waals surface area contributed by atoms with Crippen LogP contribution in [0, 0.1) is 5.82 Å². The molecule has 0 saturated heterocycles. The topological polar surface area (TPSA) is 50.9 Å². The number of nitrogens with zero attached hydrogens (tertiary/aromatic N) is 1. The molecule has 1 aliphatic carbocycles. The molecule has 1 heterocycles. The van der Waals surface area contributed by atoms with Crippen molar-refractivity contribution in [2.24, 2.45) is 0 Å². The molecule has 1 unspecified atom stereocenters. The summed E-state index contributed by atoms with van der Waals surface area (Å²) in [6.45, 7) is 0. The van der Waals surface area contributed by atoms with E-state index in [-0.39, 0.29) is 11.9 Å². The van der Waals surface area contributed by atoms with Crippen molar-refractivity contribution in [1.82, 2.24) is 4.98 Å². The van der Waals surface area contributed by atoms with Crippen molar-refractivity contribution in [3.8, 4) is 0 Å². The minimum atomic E-state index is -0.430. The number of nitrogens with one attached hydrogen (secondary N) is 1. The van der Waals surface area contributed by atoms with Crippen molar-refractivity contribution in [1.29, 1.82) is 0 Å². The average Bonchev–Trinajstić information content (AvgIpc) is 2.41. The van der Waals surface area contributed by atoms with Crippen LogP contribution in [0.5, 0.6) is 0 Å². The monoisotopic (exact) mass is 291 g/mol. The number of fused-ring (bicyclic) bond motifs is 1. The highest BCUT2D eigenvalue weighted by atomic mass is 35.5. The fourth-order valence-corrected chi connectivity index (χ4v) is 2.81. The standard InChI is InChI=1S/C15H15ClFN3/c16-10-7-13(17)15(19-8-10)20-14-3-1-2-9-6-11(18)4-5-12(9)14/h4-8,14H,1-3,18H2,(H,19,20). The van der Waals surface area contributed by atoms with Crippen LogP contribution in [0.3, 0.4) is 0 Å². The van der Waals surface area contributed by atoms with E-state index in [0.717, 1.165) is 24.9 Å². The van der Waals surface area contributed by atoms with Gasteiger partial charge in [0.1, 0.15) is 0 Å². The van der Waals surface area contributed by atoms with Crippen molar-refractivity contribution >= 4 is 23.1 Å². The number of anilines is 2. The Morgan fingerprint density at radius 3 is 3.00 bits per heavy atom. The highest BCUT2D eigenvalue weighted by Gasteiger charge is 2.21. The molecule has 0 bridgehead atoms. The molecule has 1 atom stereocenters. The zero-order valence-corrected chi connectivity index (χ0v) is 11.6. The molecule has 3 nitrogen and oxygen atoms in total. The molecular weight excluding hydrogens is 277 g/mol. The lowest BCUT2D eigenvalue weighted by Gasteiger charge is -2.27. The molecule has 0 spiro atoms. The first-order chi connectivity index (χ1) is 9.63. The van der Waals surface area contributed by atoms with Crippen molar-refractivity contribution in [3.63, 3.8) is 0 Å². The van der Waals surface area contributed by atoms with Crippen molar-refractivity contribution < 1.29 is 4.39 Å². The van der Waals surface area contributed by atoms with Gasteiger partial charge >= 0.3 is 0 Å². The molecule has 1 aliphatic rings. The normalized spacial score (nSPS) is 17.6. The number of nitrogens with two attached hydrogens (primary N) is 1. The summed E-state index contributed by atoms with van der Waals surface area (Å²) in [6.07, 6.45) is 4.44. The smallest absolute Gasteiger partial charge is 0.166 e. The van der Waals surface area contributed by atoms with E-state index in [4.69, 9.17) is 17.3 Å². The minimum Gasteiger partial charge on any atom is -0.399 e. The molecule has 0 radical (unpaired) electrons. The Kier molecular flexibility index (Phi) is 3.49. The number of benzene rings is 1. The van der Waals surface area contributed by atoms with Gasteiger partial charge in [0.25, 0.3) is 0 Å². The molecule has 2 aromatic rings. The van der Waals surface area contributed by atoms with Crippen molar-refractivity contribution in [2.45, 2.75) is 25.3 Å². The zero-order valence-electron chi connectivity index (χ0n) is 10.9. The van der Waals surface area contributed by atoms with Crippen LogP contribution in [0.1, 0.15) is 30.0 Å². The van der Waals surface area contributed by atoms with Gasteiger partial charge < -0.3 is 11.1 Å². The number of aromatic nitrogens is 1. The molecule has 0 aliphatic heterocycles. The van der Waals surface area contributed by atoms with Gasteiger partial charge in [0, 0.05) is 11.9 Å². The lowest BCUT2D eigenvalue weighted by atomic mass is 9.87. The van der Waals surface area contributed by atoms with Crippen LogP contribution >= 0.6 is 11.6 Å². The molecule has 0 amide bonds. The predicted octanol–water partition coefficient (Wildman–Crippen LogP) is 3.95. The predicted molar refractivity (Wildman–Crippen MR) is 79.4 cm³/mol. The maximum absolute atomic E-state index is 13.8. The van der Waals surface area contributed by atoms with Crippen LogP contribution in [0.15, 0.2) is 30.5 Å². The molecule has 1 aromatic heterocycles. The lowest BCUT2D eigenvalue weighted by molar-refractivity contribution is 0.582. The third-order valence-electron chi connectivity index (χ3n) is 3.60. The molecule has 20 heavy (non-hydrogen) atoms. The lowest BCUT2D eigenvalue weighted by Crippen LogP contribution is -2.18. The van der Waals surface area contributed by atoms with Gasteiger partial charge in [0.05, 0.1) is 11.1 Å². The van der Waals surface area contributed by atoms with Crippen LogP contribution in [-0.2, 0) is 6.42 Å². The van der Waals surface area contributed by atoms with Gasteiger partial charge in [-0.05, 0) is 48.6 Å². The third kappa shape index (κ3) is 2.56. The van der Waals surface area contributed by atoms with Crippen molar-refractivity contribution in [3.05, 3.63) is 52.4 Å². The first-order valence-corrected chi connectivity index (χ1v) is 6.97. The van der Waals surface area contributed by atoms with E-state index >= 15 is 0 Å². The minimum absolute atomic E-state index is 0.0579. The van der Waals surface area contributed by atoms with Crippen LogP contribution in [0.2, 0.25) is 5.02 Å². The van der Waals surface area contributed by atoms with E-state index in [1.54, 1.807) is 0 Å². The number of rotatable bonds is 2. The van der Waals surface area contributed by atoms with Gasteiger partial charge in [-0.1, -0.05) is 17.7 Å². The van der Waals surface area contributed by atoms with E-state index in [1.807, 2.05) is 18.2 Å². The molecule has 104 valence electrons. The summed E-state index contributed by atoms with van der Waals surface area (Å²) in [5.41, 5.74) is 8.97. The fourth-order valence-electron chi connectivity index (χ4n) is 2.67. The van der Waals surface area contributed by atoms with Gasteiger partial charge in [-0.3, -0.25) is 0 Å². The number of hydrogen-bond donors (Lipinski definition) is 2. The number of hydrogen-bond acceptors (Lipinski definition) is 3. The Hall–Kier alpha value is -1.81. The van der Waals surface area contributed by atoms with Crippen molar-refractivity contribution in [2.75, 3.05) is 11.1 Å². The van der Waals surface area contributed by atoms with Crippen LogP contribution in [0.4, 0.5) is 15.9 Å². The second-order valence-electron chi connectivity index (χ2n) is 5.03. The van der Waals surface area contributed by atoms with Gasteiger partial charge in [-0.15, -0.1) is 0 Å². The summed E-state index contributed by atoms with van der Waals surface area (Å²) in [5.74, 6) is -0.191. The second-order valence-corrected chi connectivity index (χ2v) is 5.47. The SMILES string of the molecule is Nc1ccc2c(c1)CCCC2Nc1ncc(Cl)cc1F. The maximum Gasteiger partial charge on any atom is 0.166 e. The highest BCUT2D eigenvalue weighted by molar-refractivity contribution is 6.30. The molecule has 0 saturated carbocycles. The molecule has 1 aromatic carbocycles. The Bertz CT molecular complexity index is 645. The fraction of sp³-hybridized carbons (Fsp3) is 0.267. The van der Waals surface area contributed by atoms with E-state index in [2.05, 4.69) is 10.3 Å². The summed E-state index contributed by atoms with van der Waals surface area (Å²) in [6, 6.07) is 7.21. The van der Waals surface area contributed by atoms with Crippen LogP contribution in [0.25, 0.3) is 0 Å². The van der Waals surface area contributed by atoms with E-state index < -0.39 is 5.82 Å². The van der Waals surface area contributed by atoms with Gasteiger partial charge in [-0.25, -0.2) is 9.37 Å². The first-order valence-electron chi connectivity index (χ1n) is 6.59. The number of pyridine rings is 1. The average molecular weight is 292 g/mol. The zero-order chi connectivity index (χ0) is 14.1. The van der Waals surface area contributed by atoms with Gasteiger partial charge in [0.15, 0.2) is 11.6 Å². The summed E-state index contributed by atoms with van der Waals surface area (Å²) < 4.78 is 13.8. The summed E-state index contributed by atoms with van der Waals surface area (Å²) in [4.78, 5) is 4.02. The van der Waals surface area contributed by atoms with E-state index in [0.29, 0.717) is 5.02 Å². The Morgan fingerprint density at radius 2 is 2.20 bits per heavy atom. The highest BCUT2D eigenvalue weighted by Crippen LogP contribution is 2.33. The largest absolute Gasteiger partial charge is 0.399 e. The Balaban J connectivity index is 1.89. The number of aryl methyl sites for hydroxylation is 1. The van der Waals surface area contributed by atoms with E-state index in [9.17, 15) is 4.39 Å². The van der Waals surface area contributed by atoms with E-state index in [1.165, 1.54) is 23.4 Å².